The molecule has 4 aromatic rings. The topological polar surface area (TPSA) is 90.9 Å². The number of nitrogen functional groups attached to an aromatic ring is 1. The molecule has 0 unspecified atom stereocenters. The summed E-state index contributed by atoms with van der Waals surface area (Å²) < 4.78 is 19.5. The normalized spacial score (nSPS) is 14.7. The third kappa shape index (κ3) is 8.69. The number of anilines is 1. The standard InChI is InChI=1S/C35H50N6O3/c1-35(2,3)44-28-12-9-11-27(25-28)26-40(18-10-17-39-20-23-43-24-21-39)16-7-8-19-41-31(15-22-42-4)38-32-33(41)29-13-5-6-14-30(29)37-34(32)36/h5-6,9,11-14,25H,7-8,10,15-24,26H2,1-4H3,(H2,36,37). The molecule has 9 heteroatoms. The zero-order valence-corrected chi connectivity index (χ0v) is 27.1. The van der Waals surface area contributed by atoms with Crippen LogP contribution in [0.25, 0.3) is 21.9 Å². The van der Waals surface area contributed by atoms with Crippen LogP contribution in [-0.4, -0.2) is 89.6 Å². The summed E-state index contributed by atoms with van der Waals surface area (Å²) >= 11 is 0. The molecule has 2 aromatic heterocycles. The van der Waals surface area contributed by atoms with Gasteiger partial charge in [0.2, 0.25) is 0 Å². The van der Waals surface area contributed by atoms with Crippen molar-refractivity contribution in [1.82, 2.24) is 24.3 Å². The number of fused-ring (bicyclic) bond motifs is 3. The average Bonchev–Trinajstić information content (AvgIpc) is 3.37. The maximum absolute atomic E-state index is 6.40. The minimum Gasteiger partial charge on any atom is -0.488 e. The summed E-state index contributed by atoms with van der Waals surface area (Å²) in [5.41, 5.74) is 10.2. The van der Waals surface area contributed by atoms with Gasteiger partial charge in [-0.1, -0.05) is 30.3 Å². The van der Waals surface area contributed by atoms with Gasteiger partial charge in [-0.05, 0) is 83.4 Å². The second kappa shape index (κ2) is 15.2. The van der Waals surface area contributed by atoms with E-state index in [1.54, 1.807) is 7.11 Å². The van der Waals surface area contributed by atoms with Crippen molar-refractivity contribution in [2.75, 3.05) is 65.4 Å². The van der Waals surface area contributed by atoms with E-state index in [9.17, 15) is 0 Å². The molecule has 238 valence electrons. The van der Waals surface area contributed by atoms with E-state index in [-0.39, 0.29) is 5.60 Å². The van der Waals surface area contributed by atoms with Crippen molar-refractivity contribution in [3.05, 3.63) is 59.9 Å². The van der Waals surface area contributed by atoms with Gasteiger partial charge in [-0.2, -0.15) is 0 Å². The van der Waals surface area contributed by atoms with Crippen LogP contribution in [0.4, 0.5) is 5.82 Å². The van der Waals surface area contributed by atoms with Gasteiger partial charge in [0.25, 0.3) is 0 Å². The van der Waals surface area contributed by atoms with Gasteiger partial charge in [-0.3, -0.25) is 9.80 Å². The summed E-state index contributed by atoms with van der Waals surface area (Å²) in [6.07, 6.45) is 4.00. The zero-order chi connectivity index (χ0) is 30.9. The SMILES string of the molecule is COCCc1nc2c(N)nc3ccccc3c2n1CCCCN(CCCN1CCOCC1)Cc1cccc(OC(C)(C)C)c1. The summed E-state index contributed by atoms with van der Waals surface area (Å²) in [5, 5.41) is 1.09. The van der Waals surface area contributed by atoms with Crippen LogP contribution < -0.4 is 10.5 Å². The van der Waals surface area contributed by atoms with Gasteiger partial charge < -0.3 is 24.5 Å². The molecule has 5 rings (SSSR count). The van der Waals surface area contributed by atoms with E-state index in [0.717, 1.165) is 118 Å². The second-order valence-electron chi connectivity index (χ2n) is 12.8. The van der Waals surface area contributed by atoms with Crippen LogP contribution in [0.2, 0.25) is 0 Å². The number of benzene rings is 2. The number of hydrogen-bond donors (Lipinski definition) is 1. The molecule has 0 atom stereocenters. The summed E-state index contributed by atoms with van der Waals surface area (Å²) in [6.45, 7) is 15.6. The summed E-state index contributed by atoms with van der Waals surface area (Å²) in [6, 6.07) is 16.8. The van der Waals surface area contributed by atoms with E-state index in [4.69, 9.17) is 24.9 Å². The fourth-order valence-electron chi connectivity index (χ4n) is 6.07. The molecular weight excluding hydrogens is 552 g/mol. The molecular formula is C35H50N6O3. The Morgan fingerprint density at radius 2 is 1.75 bits per heavy atom. The molecule has 9 nitrogen and oxygen atoms in total. The number of methoxy groups -OCH3 is 1. The molecule has 3 heterocycles. The molecule has 1 saturated heterocycles. The van der Waals surface area contributed by atoms with Gasteiger partial charge in [-0.25, -0.2) is 9.97 Å². The number of morpholine rings is 1. The molecule has 2 N–H and O–H groups in total. The lowest BCUT2D eigenvalue weighted by atomic mass is 10.1. The predicted octanol–water partition coefficient (Wildman–Crippen LogP) is 5.54. The monoisotopic (exact) mass is 602 g/mol. The van der Waals surface area contributed by atoms with Crippen LogP contribution in [0, 0.1) is 0 Å². The van der Waals surface area contributed by atoms with Crippen molar-refractivity contribution in [3.63, 3.8) is 0 Å². The summed E-state index contributed by atoms with van der Waals surface area (Å²) in [4.78, 5) is 14.7. The van der Waals surface area contributed by atoms with Crippen LogP contribution in [0.15, 0.2) is 48.5 Å². The number of aryl methyl sites for hydroxylation is 1. The number of unbranched alkanes of at least 4 members (excludes halogenated alkanes) is 1. The average molecular weight is 603 g/mol. The van der Waals surface area contributed by atoms with Gasteiger partial charge >= 0.3 is 0 Å². The molecule has 1 aliphatic heterocycles. The lowest BCUT2D eigenvalue weighted by molar-refractivity contribution is 0.0359. The van der Waals surface area contributed by atoms with Gasteiger partial charge in [-0.15, -0.1) is 0 Å². The number of rotatable bonds is 15. The molecule has 0 saturated carbocycles. The minimum atomic E-state index is -0.220. The molecule has 0 spiro atoms. The molecule has 0 amide bonds. The Balaban J connectivity index is 1.28. The third-order valence-corrected chi connectivity index (χ3v) is 8.11. The molecule has 0 aliphatic carbocycles. The number of para-hydroxylation sites is 1. The van der Waals surface area contributed by atoms with Gasteiger partial charge in [0, 0.05) is 45.1 Å². The Hall–Kier alpha value is -3.24. The van der Waals surface area contributed by atoms with E-state index in [0.29, 0.717) is 12.4 Å². The van der Waals surface area contributed by atoms with Crippen molar-refractivity contribution >= 4 is 27.8 Å². The number of nitrogens with two attached hydrogens (primary N) is 1. The van der Waals surface area contributed by atoms with Crippen molar-refractivity contribution in [2.24, 2.45) is 0 Å². The number of pyridine rings is 1. The first-order valence-corrected chi connectivity index (χ1v) is 16.1. The van der Waals surface area contributed by atoms with Crippen LogP contribution in [0.1, 0.15) is 51.4 Å². The zero-order valence-electron chi connectivity index (χ0n) is 27.1. The smallest absolute Gasteiger partial charge is 0.152 e. The largest absolute Gasteiger partial charge is 0.488 e. The fraction of sp³-hybridized carbons (Fsp3) is 0.543. The third-order valence-electron chi connectivity index (χ3n) is 8.11. The molecule has 1 fully saturated rings. The Morgan fingerprint density at radius 3 is 2.55 bits per heavy atom. The lowest BCUT2D eigenvalue weighted by Gasteiger charge is -2.28. The summed E-state index contributed by atoms with van der Waals surface area (Å²) in [7, 11) is 1.73. The first kappa shape index (κ1) is 32.2. The maximum Gasteiger partial charge on any atom is 0.152 e. The van der Waals surface area contributed by atoms with Gasteiger partial charge in [0.15, 0.2) is 5.82 Å². The van der Waals surface area contributed by atoms with E-state index in [2.05, 4.69) is 76.5 Å². The number of imidazole rings is 1. The van der Waals surface area contributed by atoms with Crippen LogP contribution >= 0.6 is 0 Å². The molecule has 0 radical (unpaired) electrons. The van der Waals surface area contributed by atoms with Crippen LogP contribution in [0.3, 0.4) is 0 Å². The Bertz CT molecular complexity index is 1490. The van der Waals surface area contributed by atoms with E-state index >= 15 is 0 Å². The highest BCUT2D eigenvalue weighted by Crippen LogP contribution is 2.29. The number of aromatic nitrogens is 3. The highest BCUT2D eigenvalue weighted by atomic mass is 16.5. The number of hydrogen-bond acceptors (Lipinski definition) is 8. The second-order valence-corrected chi connectivity index (χ2v) is 12.8. The molecule has 0 bridgehead atoms. The summed E-state index contributed by atoms with van der Waals surface area (Å²) in [5.74, 6) is 2.42. The minimum absolute atomic E-state index is 0.220. The van der Waals surface area contributed by atoms with Crippen LogP contribution in [0.5, 0.6) is 5.75 Å². The van der Waals surface area contributed by atoms with E-state index in [1.807, 2.05) is 12.1 Å². The molecule has 44 heavy (non-hydrogen) atoms. The predicted molar refractivity (Wildman–Crippen MR) is 178 cm³/mol. The maximum atomic E-state index is 6.40. The van der Waals surface area contributed by atoms with E-state index in [1.165, 1.54) is 5.56 Å². The highest BCUT2D eigenvalue weighted by molar-refractivity contribution is 6.06. The van der Waals surface area contributed by atoms with Gasteiger partial charge in [0.1, 0.15) is 22.7 Å². The number of ether oxygens (including phenoxy) is 3. The number of nitrogens with zero attached hydrogens (tertiary/aromatic N) is 5. The molecule has 1 aliphatic rings. The van der Waals surface area contributed by atoms with Crippen LogP contribution in [-0.2, 0) is 29.0 Å². The van der Waals surface area contributed by atoms with E-state index < -0.39 is 0 Å². The van der Waals surface area contributed by atoms with Crippen molar-refractivity contribution in [2.45, 2.75) is 65.1 Å². The quantitative estimate of drug-likeness (QED) is 0.178. The van der Waals surface area contributed by atoms with Crippen molar-refractivity contribution in [1.29, 1.82) is 0 Å². The first-order valence-electron chi connectivity index (χ1n) is 16.1. The van der Waals surface area contributed by atoms with Crippen molar-refractivity contribution < 1.29 is 14.2 Å². The lowest BCUT2D eigenvalue weighted by Crippen LogP contribution is -2.38. The Kier molecular flexibility index (Phi) is 11.1. The highest BCUT2D eigenvalue weighted by Gasteiger charge is 2.18. The fourth-order valence-corrected chi connectivity index (χ4v) is 6.07. The Labute approximate surface area is 262 Å². The van der Waals surface area contributed by atoms with Gasteiger partial charge in [0.05, 0.1) is 30.9 Å². The molecule has 2 aromatic carbocycles. The Morgan fingerprint density at radius 1 is 0.955 bits per heavy atom. The van der Waals surface area contributed by atoms with Crippen molar-refractivity contribution in [3.8, 4) is 5.75 Å². The first-order chi connectivity index (χ1) is 21.3.